The number of nitrogens with zero attached hydrogens (tertiary/aromatic N) is 2. The third-order valence-electron chi connectivity index (χ3n) is 3.54. The minimum absolute atomic E-state index is 0.423. The Morgan fingerprint density at radius 2 is 2.37 bits per heavy atom. The van der Waals surface area contributed by atoms with E-state index in [0.29, 0.717) is 17.0 Å². The number of hydrogen-bond donors (Lipinski definition) is 1. The number of halogens is 2. The summed E-state index contributed by atoms with van der Waals surface area (Å²) in [7, 11) is 0. The molecule has 0 radical (unpaired) electrons. The molecule has 5 heteroatoms. The van der Waals surface area contributed by atoms with Crippen LogP contribution in [0.2, 0.25) is 5.02 Å². The van der Waals surface area contributed by atoms with Crippen molar-refractivity contribution >= 4 is 33.3 Å². The number of pyridine rings is 1. The van der Waals surface area contributed by atoms with Crippen molar-refractivity contribution in [1.82, 2.24) is 10.3 Å². The zero-order valence-electron chi connectivity index (χ0n) is 11.5. The predicted molar refractivity (Wildman–Crippen MR) is 85.0 cm³/mol. The van der Waals surface area contributed by atoms with Crippen LogP contribution in [0.3, 0.4) is 0 Å². The molecular formula is C14H21BrClN3. The van der Waals surface area contributed by atoms with Crippen LogP contribution in [-0.4, -0.2) is 30.7 Å². The van der Waals surface area contributed by atoms with E-state index in [9.17, 15) is 0 Å². The van der Waals surface area contributed by atoms with Gasteiger partial charge in [-0.2, -0.15) is 0 Å². The van der Waals surface area contributed by atoms with Gasteiger partial charge in [0.1, 0.15) is 5.82 Å². The molecular weight excluding hydrogens is 326 g/mol. The fourth-order valence-electron chi connectivity index (χ4n) is 2.52. The van der Waals surface area contributed by atoms with E-state index in [1.54, 1.807) is 6.20 Å². The Morgan fingerprint density at radius 1 is 1.58 bits per heavy atom. The standard InChI is InChI=1S/C14H21BrClN3/c1-10(2)19(9-11-4-3-5-17-7-11)14-13(15)6-12(16)8-18-14/h6,8,10-11,17H,3-5,7,9H2,1-2H3. The highest BCUT2D eigenvalue weighted by Crippen LogP contribution is 2.29. The summed E-state index contributed by atoms with van der Waals surface area (Å²) in [5.74, 6) is 1.69. The molecule has 0 amide bonds. The summed E-state index contributed by atoms with van der Waals surface area (Å²) < 4.78 is 0.970. The summed E-state index contributed by atoms with van der Waals surface area (Å²) in [4.78, 5) is 6.85. The summed E-state index contributed by atoms with van der Waals surface area (Å²) in [5.41, 5.74) is 0. The molecule has 3 nitrogen and oxygen atoms in total. The van der Waals surface area contributed by atoms with Crippen LogP contribution in [0, 0.1) is 5.92 Å². The summed E-state index contributed by atoms with van der Waals surface area (Å²) in [6.45, 7) is 7.71. The Hall–Kier alpha value is -0.320. The fraction of sp³-hybridized carbons (Fsp3) is 0.643. The highest BCUT2D eigenvalue weighted by atomic mass is 79.9. The molecule has 1 atom stereocenters. The lowest BCUT2D eigenvalue weighted by Crippen LogP contribution is -2.41. The molecule has 106 valence electrons. The molecule has 19 heavy (non-hydrogen) atoms. The molecule has 1 aliphatic rings. The molecule has 1 aliphatic heterocycles. The number of piperidine rings is 1. The van der Waals surface area contributed by atoms with Crippen molar-refractivity contribution in [3.05, 3.63) is 21.8 Å². The van der Waals surface area contributed by atoms with Gasteiger partial charge in [-0.1, -0.05) is 11.6 Å². The van der Waals surface area contributed by atoms with Gasteiger partial charge in [-0.3, -0.25) is 0 Å². The Bertz CT molecular complexity index is 419. The minimum atomic E-state index is 0.423. The van der Waals surface area contributed by atoms with E-state index in [0.717, 1.165) is 29.9 Å². The first kappa shape index (κ1) is 15.1. The van der Waals surface area contributed by atoms with Gasteiger partial charge in [0.05, 0.1) is 9.50 Å². The van der Waals surface area contributed by atoms with Crippen LogP contribution < -0.4 is 10.2 Å². The molecule has 1 aromatic rings. The van der Waals surface area contributed by atoms with Gasteiger partial charge in [0, 0.05) is 18.8 Å². The van der Waals surface area contributed by atoms with Gasteiger partial charge in [-0.25, -0.2) is 4.98 Å². The van der Waals surface area contributed by atoms with Crippen molar-refractivity contribution in [2.24, 2.45) is 5.92 Å². The molecule has 0 aliphatic carbocycles. The summed E-state index contributed by atoms with van der Waals surface area (Å²) >= 11 is 9.55. The summed E-state index contributed by atoms with van der Waals surface area (Å²) in [6.07, 6.45) is 4.28. The second-order valence-electron chi connectivity index (χ2n) is 5.42. The predicted octanol–water partition coefficient (Wildman–Crippen LogP) is 3.71. The van der Waals surface area contributed by atoms with Crippen LogP contribution >= 0.6 is 27.5 Å². The van der Waals surface area contributed by atoms with Crippen LogP contribution in [0.25, 0.3) is 0 Å². The number of hydrogen-bond acceptors (Lipinski definition) is 3. The Kier molecular flexibility index (Phi) is 5.48. The van der Waals surface area contributed by atoms with Crippen molar-refractivity contribution in [1.29, 1.82) is 0 Å². The Labute approximate surface area is 128 Å². The Balaban J connectivity index is 2.14. The van der Waals surface area contributed by atoms with E-state index in [2.05, 4.69) is 45.0 Å². The van der Waals surface area contributed by atoms with E-state index < -0.39 is 0 Å². The van der Waals surface area contributed by atoms with Gasteiger partial charge >= 0.3 is 0 Å². The van der Waals surface area contributed by atoms with Gasteiger partial charge in [-0.05, 0) is 67.7 Å². The van der Waals surface area contributed by atoms with Crippen molar-refractivity contribution < 1.29 is 0 Å². The van der Waals surface area contributed by atoms with Crippen LogP contribution in [0.15, 0.2) is 16.7 Å². The smallest absolute Gasteiger partial charge is 0.143 e. The highest BCUT2D eigenvalue weighted by Gasteiger charge is 2.21. The first-order chi connectivity index (χ1) is 9.08. The number of nitrogens with one attached hydrogen (secondary N) is 1. The second kappa shape index (κ2) is 6.91. The maximum atomic E-state index is 5.97. The molecule has 1 unspecified atom stereocenters. The lowest BCUT2D eigenvalue weighted by molar-refractivity contribution is 0.370. The van der Waals surface area contributed by atoms with Gasteiger partial charge in [0.2, 0.25) is 0 Å². The zero-order valence-corrected chi connectivity index (χ0v) is 13.8. The molecule has 0 saturated carbocycles. The first-order valence-electron chi connectivity index (χ1n) is 6.86. The summed E-state index contributed by atoms with van der Waals surface area (Å²) in [5, 5.41) is 4.14. The number of rotatable bonds is 4. The topological polar surface area (TPSA) is 28.2 Å². The minimum Gasteiger partial charge on any atom is -0.353 e. The van der Waals surface area contributed by atoms with Crippen molar-refractivity contribution in [3.63, 3.8) is 0 Å². The number of anilines is 1. The van der Waals surface area contributed by atoms with Gasteiger partial charge in [0.15, 0.2) is 0 Å². The van der Waals surface area contributed by atoms with Gasteiger partial charge in [-0.15, -0.1) is 0 Å². The van der Waals surface area contributed by atoms with Crippen molar-refractivity contribution in [3.8, 4) is 0 Å². The molecule has 0 spiro atoms. The fourth-order valence-corrected chi connectivity index (χ4v) is 3.39. The van der Waals surface area contributed by atoms with E-state index >= 15 is 0 Å². The summed E-state index contributed by atoms with van der Waals surface area (Å²) in [6, 6.07) is 2.34. The molecule has 0 aromatic carbocycles. The third-order valence-corrected chi connectivity index (χ3v) is 4.33. The molecule has 2 rings (SSSR count). The van der Waals surface area contributed by atoms with Crippen LogP contribution in [0.1, 0.15) is 26.7 Å². The van der Waals surface area contributed by atoms with Crippen LogP contribution in [0.5, 0.6) is 0 Å². The van der Waals surface area contributed by atoms with Crippen molar-refractivity contribution in [2.75, 3.05) is 24.5 Å². The van der Waals surface area contributed by atoms with Gasteiger partial charge < -0.3 is 10.2 Å². The van der Waals surface area contributed by atoms with Crippen LogP contribution in [0.4, 0.5) is 5.82 Å². The lowest BCUT2D eigenvalue weighted by Gasteiger charge is -2.34. The first-order valence-corrected chi connectivity index (χ1v) is 8.03. The van der Waals surface area contributed by atoms with E-state index in [4.69, 9.17) is 11.6 Å². The lowest BCUT2D eigenvalue weighted by atomic mass is 9.98. The molecule has 1 fully saturated rings. The maximum absolute atomic E-state index is 5.97. The SMILES string of the molecule is CC(C)N(CC1CCCNC1)c1ncc(Cl)cc1Br. The largest absolute Gasteiger partial charge is 0.353 e. The normalized spacial score (nSPS) is 19.7. The number of aromatic nitrogens is 1. The molecule has 1 aromatic heterocycles. The molecule has 0 bridgehead atoms. The van der Waals surface area contributed by atoms with Crippen molar-refractivity contribution in [2.45, 2.75) is 32.7 Å². The second-order valence-corrected chi connectivity index (χ2v) is 6.71. The van der Waals surface area contributed by atoms with E-state index in [-0.39, 0.29) is 0 Å². The maximum Gasteiger partial charge on any atom is 0.143 e. The zero-order chi connectivity index (χ0) is 13.8. The van der Waals surface area contributed by atoms with Crippen LogP contribution in [-0.2, 0) is 0 Å². The van der Waals surface area contributed by atoms with E-state index in [1.807, 2.05) is 6.07 Å². The Morgan fingerprint density at radius 3 is 2.95 bits per heavy atom. The molecule has 2 heterocycles. The molecule has 1 N–H and O–H groups in total. The third kappa shape index (κ3) is 4.07. The molecule has 1 saturated heterocycles. The average Bonchev–Trinajstić information content (AvgIpc) is 2.38. The average molecular weight is 347 g/mol. The highest BCUT2D eigenvalue weighted by molar-refractivity contribution is 9.10. The monoisotopic (exact) mass is 345 g/mol. The van der Waals surface area contributed by atoms with E-state index in [1.165, 1.54) is 12.8 Å². The van der Waals surface area contributed by atoms with Gasteiger partial charge in [0.25, 0.3) is 0 Å². The quantitative estimate of drug-likeness (QED) is 0.901.